The summed E-state index contributed by atoms with van der Waals surface area (Å²) in [6, 6.07) is 28.9. The first kappa shape index (κ1) is 33.7. The van der Waals surface area contributed by atoms with E-state index in [9.17, 15) is 9.59 Å². The largest absolute Gasteiger partial charge is 0.493 e. The van der Waals surface area contributed by atoms with E-state index < -0.39 is 0 Å². The second-order valence-corrected chi connectivity index (χ2v) is 12.3. The molecule has 0 aromatic heterocycles. The van der Waals surface area contributed by atoms with Gasteiger partial charge < -0.3 is 19.3 Å². The maximum atomic E-state index is 13.0. The summed E-state index contributed by atoms with van der Waals surface area (Å²) in [4.78, 5) is 31.1. The fourth-order valence-corrected chi connectivity index (χ4v) is 5.92. The lowest BCUT2D eigenvalue weighted by atomic mass is 10.0. The highest BCUT2D eigenvalue weighted by Crippen LogP contribution is 2.27. The average Bonchev–Trinajstić information content (AvgIpc) is 3.09. The molecule has 5 rings (SSSR count). The molecule has 1 aliphatic rings. The van der Waals surface area contributed by atoms with Crippen LogP contribution in [0.15, 0.2) is 97.1 Å². The number of rotatable bonds is 16. The summed E-state index contributed by atoms with van der Waals surface area (Å²) in [7, 11) is 0. The van der Waals surface area contributed by atoms with E-state index in [0.29, 0.717) is 57.0 Å². The van der Waals surface area contributed by atoms with Gasteiger partial charge in [0.2, 0.25) is 0 Å². The van der Waals surface area contributed by atoms with Gasteiger partial charge in [0, 0.05) is 47.4 Å². The number of ketones is 2. The molecule has 0 amide bonds. The number of hydrogen-bond donors (Lipinski definition) is 0. The number of benzene rings is 4. The third-order valence-corrected chi connectivity index (χ3v) is 8.63. The molecule has 46 heavy (non-hydrogen) atoms. The van der Waals surface area contributed by atoms with E-state index in [1.54, 1.807) is 60.7 Å². The van der Waals surface area contributed by atoms with Crippen molar-refractivity contribution in [2.24, 2.45) is 0 Å². The summed E-state index contributed by atoms with van der Waals surface area (Å²) in [6.45, 7) is 7.40. The number of carbonyl (C=O) groups is 2. The number of carbonyl (C=O) groups excluding carboxylic acids is 2. The zero-order valence-electron chi connectivity index (χ0n) is 26.0. The van der Waals surface area contributed by atoms with Gasteiger partial charge in [0.25, 0.3) is 0 Å². The maximum absolute atomic E-state index is 13.0. The van der Waals surface area contributed by atoms with Crippen molar-refractivity contribution in [3.8, 4) is 11.5 Å². The molecule has 1 fully saturated rings. The van der Waals surface area contributed by atoms with Gasteiger partial charge in [0.15, 0.2) is 11.6 Å². The number of nitrogens with zero attached hydrogens (tertiary/aromatic N) is 2. The number of hydrogen-bond acceptors (Lipinski definition) is 6. The van der Waals surface area contributed by atoms with E-state index in [1.807, 2.05) is 36.4 Å². The van der Waals surface area contributed by atoms with Gasteiger partial charge in [-0.3, -0.25) is 9.59 Å². The maximum Gasteiger partial charge on any atom is 0.196 e. The Morgan fingerprint density at radius 2 is 0.935 bits per heavy atom. The Morgan fingerprint density at radius 1 is 0.543 bits per heavy atom. The summed E-state index contributed by atoms with van der Waals surface area (Å²) >= 11 is 12.4. The lowest BCUT2D eigenvalue weighted by molar-refractivity contribution is 0.102. The summed E-state index contributed by atoms with van der Waals surface area (Å²) in [5, 5.41) is 1.03. The smallest absolute Gasteiger partial charge is 0.196 e. The highest BCUT2D eigenvalue weighted by Gasteiger charge is 2.18. The van der Waals surface area contributed by atoms with Gasteiger partial charge in [-0.25, -0.2) is 0 Å². The van der Waals surface area contributed by atoms with E-state index in [1.165, 1.54) is 0 Å². The molecule has 0 atom stereocenters. The number of piperazine rings is 1. The van der Waals surface area contributed by atoms with E-state index in [2.05, 4.69) is 9.80 Å². The van der Waals surface area contributed by atoms with Crippen LogP contribution in [0.25, 0.3) is 0 Å². The molecule has 1 saturated heterocycles. The lowest BCUT2D eigenvalue weighted by Gasteiger charge is -2.34. The quantitative estimate of drug-likeness (QED) is 0.0896. The standard InChI is InChI=1S/C38H40Cl2N2O4/c39-31-15-17-35(33(27-31)37(43)29-11-3-1-4-12-29)45-25-9-7-19-41-21-23-42(24-22-41)20-8-10-26-46-36-18-16-32(40)28-34(36)38(44)30-13-5-2-6-14-30/h1-6,11-18,27-28H,7-10,19-26H2. The molecule has 4 aromatic rings. The van der Waals surface area contributed by atoms with Crippen molar-refractivity contribution in [3.63, 3.8) is 0 Å². The minimum atomic E-state index is -0.0884. The Bertz CT molecular complexity index is 1460. The fourth-order valence-electron chi connectivity index (χ4n) is 5.58. The molecule has 0 saturated carbocycles. The monoisotopic (exact) mass is 658 g/mol. The molecule has 1 heterocycles. The third-order valence-electron chi connectivity index (χ3n) is 8.16. The van der Waals surface area contributed by atoms with E-state index in [4.69, 9.17) is 32.7 Å². The van der Waals surface area contributed by atoms with Crippen LogP contribution in [0.4, 0.5) is 0 Å². The van der Waals surface area contributed by atoms with Crippen LogP contribution >= 0.6 is 23.2 Å². The van der Waals surface area contributed by atoms with Crippen LogP contribution in [0, 0.1) is 0 Å². The Labute approximate surface area is 281 Å². The predicted octanol–water partition coefficient (Wildman–Crippen LogP) is 8.09. The number of unbranched alkanes of at least 4 members (excludes halogenated alkanes) is 2. The van der Waals surface area contributed by atoms with Gasteiger partial charge in [-0.15, -0.1) is 0 Å². The zero-order valence-corrected chi connectivity index (χ0v) is 27.5. The molecule has 1 aliphatic heterocycles. The normalized spacial score (nSPS) is 13.8. The van der Waals surface area contributed by atoms with E-state index in [0.717, 1.165) is 65.0 Å². The Balaban J connectivity index is 0.963. The molecule has 4 aromatic carbocycles. The van der Waals surface area contributed by atoms with Crippen molar-refractivity contribution in [1.29, 1.82) is 0 Å². The average molecular weight is 660 g/mol. The molecule has 0 N–H and O–H groups in total. The van der Waals surface area contributed by atoms with Crippen LogP contribution < -0.4 is 9.47 Å². The first-order chi connectivity index (χ1) is 22.5. The first-order valence-corrected chi connectivity index (χ1v) is 16.7. The molecule has 8 heteroatoms. The molecule has 6 nitrogen and oxygen atoms in total. The van der Waals surface area contributed by atoms with Gasteiger partial charge in [-0.05, 0) is 75.2 Å². The lowest BCUT2D eigenvalue weighted by Crippen LogP contribution is -2.46. The molecule has 0 bridgehead atoms. The van der Waals surface area contributed by atoms with Crippen LogP contribution in [0.1, 0.15) is 57.5 Å². The van der Waals surface area contributed by atoms with Gasteiger partial charge in [-0.1, -0.05) is 83.9 Å². The third kappa shape index (κ3) is 9.66. The van der Waals surface area contributed by atoms with Crippen LogP contribution in [-0.2, 0) is 0 Å². The van der Waals surface area contributed by atoms with Crippen molar-refractivity contribution in [3.05, 3.63) is 129 Å². The Kier molecular flexibility index (Phi) is 12.7. The minimum Gasteiger partial charge on any atom is -0.493 e. The van der Waals surface area contributed by atoms with Gasteiger partial charge in [0.05, 0.1) is 24.3 Å². The molecule has 0 radical (unpaired) electrons. The van der Waals surface area contributed by atoms with Crippen molar-refractivity contribution in [1.82, 2.24) is 9.80 Å². The SMILES string of the molecule is O=C(c1ccccc1)c1cc(Cl)ccc1OCCCCN1CCN(CCCCOc2ccc(Cl)cc2C(=O)c2ccccc2)CC1. The predicted molar refractivity (Wildman–Crippen MR) is 185 cm³/mol. The second kappa shape index (κ2) is 17.3. The summed E-state index contributed by atoms with van der Waals surface area (Å²) in [6.07, 6.45) is 3.89. The van der Waals surface area contributed by atoms with Crippen LogP contribution in [0.3, 0.4) is 0 Å². The minimum absolute atomic E-state index is 0.0884. The van der Waals surface area contributed by atoms with Crippen molar-refractivity contribution < 1.29 is 19.1 Å². The van der Waals surface area contributed by atoms with Gasteiger partial charge in [-0.2, -0.15) is 0 Å². The molecule has 240 valence electrons. The summed E-state index contributed by atoms with van der Waals surface area (Å²) in [5.41, 5.74) is 2.22. The van der Waals surface area contributed by atoms with Crippen LogP contribution in [-0.4, -0.2) is 73.8 Å². The van der Waals surface area contributed by atoms with Crippen molar-refractivity contribution >= 4 is 34.8 Å². The van der Waals surface area contributed by atoms with Crippen molar-refractivity contribution in [2.75, 3.05) is 52.5 Å². The fraction of sp³-hybridized carbons (Fsp3) is 0.316. The van der Waals surface area contributed by atoms with Crippen LogP contribution in [0.2, 0.25) is 10.0 Å². The Hall–Kier alpha value is -3.68. The van der Waals surface area contributed by atoms with E-state index in [-0.39, 0.29) is 11.6 Å². The molecule has 0 unspecified atom stereocenters. The molecule has 0 aliphatic carbocycles. The van der Waals surface area contributed by atoms with Crippen LogP contribution in [0.5, 0.6) is 11.5 Å². The summed E-state index contributed by atoms with van der Waals surface area (Å²) in [5.74, 6) is 0.974. The van der Waals surface area contributed by atoms with Gasteiger partial charge >= 0.3 is 0 Å². The zero-order chi connectivity index (χ0) is 32.1. The Morgan fingerprint density at radius 3 is 1.33 bits per heavy atom. The topological polar surface area (TPSA) is 59.1 Å². The number of halogens is 2. The molecular formula is C38H40Cl2N2O4. The van der Waals surface area contributed by atoms with E-state index >= 15 is 0 Å². The molecule has 0 spiro atoms. The highest BCUT2D eigenvalue weighted by molar-refractivity contribution is 6.31. The number of ether oxygens (including phenoxy) is 2. The molecular weight excluding hydrogens is 619 g/mol. The summed E-state index contributed by atoms with van der Waals surface area (Å²) < 4.78 is 12.1. The van der Waals surface area contributed by atoms with Gasteiger partial charge in [0.1, 0.15) is 11.5 Å². The van der Waals surface area contributed by atoms with Crippen molar-refractivity contribution in [2.45, 2.75) is 25.7 Å². The first-order valence-electron chi connectivity index (χ1n) is 16.0. The second-order valence-electron chi connectivity index (χ2n) is 11.5. The highest BCUT2D eigenvalue weighted by atomic mass is 35.5.